The zero-order valence-electron chi connectivity index (χ0n) is 8.83. The largest absolute Gasteiger partial charge is 0.471 e. The molecule has 0 bridgehead atoms. The summed E-state index contributed by atoms with van der Waals surface area (Å²) in [6.45, 7) is 3.91. The van der Waals surface area contributed by atoms with Crippen LogP contribution in [0.1, 0.15) is 11.1 Å². The van der Waals surface area contributed by atoms with Crippen LogP contribution in [-0.4, -0.2) is 12.0 Å². The second-order valence-corrected chi connectivity index (χ2v) is 4.73. The Morgan fingerprint density at radius 3 is 2.47 bits per heavy atom. The number of rotatable bonds is 0. The van der Waals surface area contributed by atoms with Crippen molar-refractivity contribution in [1.82, 2.24) is 0 Å². The van der Waals surface area contributed by atoms with E-state index in [0.29, 0.717) is 17.2 Å². The SMILES string of the molecule is Cc1c(C)c(N)c2c(c1N)OC(N)CS2. The number of hydrogen-bond acceptors (Lipinski definition) is 5. The number of nitrogens with two attached hydrogens (primary N) is 3. The van der Waals surface area contributed by atoms with Gasteiger partial charge < -0.3 is 16.2 Å². The van der Waals surface area contributed by atoms with Gasteiger partial charge in [0.2, 0.25) is 0 Å². The van der Waals surface area contributed by atoms with Crippen molar-refractivity contribution < 1.29 is 4.74 Å². The molecule has 0 aromatic heterocycles. The fourth-order valence-corrected chi connectivity index (χ4v) is 2.60. The maximum Gasteiger partial charge on any atom is 0.160 e. The standard InChI is InChI=1S/C10H15N3OS/c1-4-5(2)8(13)10-9(7(4)12)14-6(11)3-15-10/h6H,3,11-13H2,1-2H3. The third kappa shape index (κ3) is 1.52. The first kappa shape index (κ1) is 10.4. The van der Waals surface area contributed by atoms with Crippen LogP contribution in [0.15, 0.2) is 4.90 Å². The number of thioether (sulfide) groups is 1. The molecule has 2 rings (SSSR count). The summed E-state index contributed by atoms with van der Waals surface area (Å²) in [6.07, 6.45) is -0.300. The van der Waals surface area contributed by atoms with Crippen molar-refractivity contribution in [1.29, 1.82) is 0 Å². The highest BCUT2D eigenvalue weighted by molar-refractivity contribution is 7.99. The van der Waals surface area contributed by atoms with Gasteiger partial charge in [-0.2, -0.15) is 0 Å². The molecule has 0 saturated heterocycles. The Morgan fingerprint density at radius 2 is 1.80 bits per heavy atom. The Labute approximate surface area is 93.1 Å². The number of ether oxygens (including phenoxy) is 1. The van der Waals surface area contributed by atoms with Gasteiger partial charge in [-0.3, -0.25) is 5.73 Å². The van der Waals surface area contributed by atoms with Gasteiger partial charge in [0, 0.05) is 5.75 Å². The van der Waals surface area contributed by atoms with Gasteiger partial charge in [-0.25, -0.2) is 0 Å². The molecule has 6 N–H and O–H groups in total. The molecule has 1 aromatic carbocycles. The summed E-state index contributed by atoms with van der Waals surface area (Å²) in [7, 11) is 0. The van der Waals surface area contributed by atoms with Gasteiger partial charge in [-0.05, 0) is 25.0 Å². The quantitative estimate of drug-likeness (QED) is 0.578. The van der Waals surface area contributed by atoms with Crippen LogP contribution in [0, 0.1) is 13.8 Å². The molecule has 0 amide bonds. The average molecular weight is 225 g/mol. The number of fused-ring (bicyclic) bond motifs is 1. The Bertz CT molecular complexity index is 420. The topological polar surface area (TPSA) is 87.3 Å². The first-order chi connectivity index (χ1) is 7.02. The molecule has 4 nitrogen and oxygen atoms in total. The van der Waals surface area contributed by atoms with Crippen LogP contribution >= 0.6 is 11.8 Å². The average Bonchev–Trinajstić information content (AvgIpc) is 2.23. The van der Waals surface area contributed by atoms with Crippen LogP contribution < -0.4 is 21.9 Å². The molecule has 1 aromatic rings. The molecular weight excluding hydrogens is 210 g/mol. The smallest absolute Gasteiger partial charge is 0.160 e. The minimum atomic E-state index is -0.300. The fraction of sp³-hybridized carbons (Fsp3) is 0.400. The van der Waals surface area contributed by atoms with Gasteiger partial charge in [-0.15, -0.1) is 11.8 Å². The van der Waals surface area contributed by atoms with Gasteiger partial charge >= 0.3 is 0 Å². The summed E-state index contributed by atoms with van der Waals surface area (Å²) in [5.74, 6) is 1.36. The molecule has 1 atom stereocenters. The van der Waals surface area contributed by atoms with Crippen molar-refractivity contribution >= 4 is 23.1 Å². The lowest BCUT2D eigenvalue weighted by molar-refractivity contribution is 0.225. The normalized spacial score (nSPS) is 19.5. The van der Waals surface area contributed by atoms with E-state index in [9.17, 15) is 0 Å². The molecule has 1 unspecified atom stereocenters. The highest BCUT2D eigenvalue weighted by Gasteiger charge is 2.24. The zero-order valence-corrected chi connectivity index (χ0v) is 9.65. The highest BCUT2D eigenvalue weighted by Crippen LogP contribution is 2.46. The first-order valence-electron chi connectivity index (χ1n) is 4.75. The van der Waals surface area contributed by atoms with E-state index in [4.69, 9.17) is 21.9 Å². The lowest BCUT2D eigenvalue weighted by atomic mass is 10.1. The van der Waals surface area contributed by atoms with Crippen LogP contribution in [0.2, 0.25) is 0 Å². The van der Waals surface area contributed by atoms with E-state index in [-0.39, 0.29) is 6.23 Å². The number of anilines is 2. The summed E-state index contributed by atoms with van der Waals surface area (Å²) in [6, 6.07) is 0. The van der Waals surface area contributed by atoms with Crippen LogP contribution in [-0.2, 0) is 0 Å². The Kier molecular flexibility index (Phi) is 2.44. The second kappa shape index (κ2) is 3.50. The number of hydrogen-bond donors (Lipinski definition) is 3. The molecule has 5 heteroatoms. The predicted molar refractivity (Wildman–Crippen MR) is 64.1 cm³/mol. The number of nitrogen functional groups attached to an aromatic ring is 2. The van der Waals surface area contributed by atoms with E-state index in [1.807, 2.05) is 13.8 Å². The van der Waals surface area contributed by atoms with Crippen LogP contribution in [0.4, 0.5) is 11.4 Å². The predicted octanol–water partition coefficient (Wildman–Crippen LogP) is 1.24. The van der Waals surface area contributed by atoms with Gasteiger partial charge in [0.1, 0.15) is 0 Å². The lowest BCUT2D eigenvalue weighted by Gasteiger charge is -2.27. The summed E-state index contributed by atoms with van der Waals surface area (Å²) < 4.78 is 5.53. The highest BCUT2D eigenvalue weighted by atomic mass is 32.2. The van der Waals surface area contributed by atoms with Crippen molar-refractivity contribution in [3.63, 3.8) is 0 Å². The van der Waals surface area contributed by atoms with Gasteiger partial charge in [0.15, 0.2) is 12.0 Å². The van der Waals surface area contributed by atoms with E-state index in [2.05, 4.69) is 0 Å². The molecule has 0 spiro atoms. The van der Waals surface area contributed by atoms with Gasteiger partial charge in [-0.1, -0.05) is 0 Å². The molecule has 1 heterocycles. The summed E-state index contributed by atoms with van der Waals surface area (Å²) >= 11 is 1.61. The third-order valence-corrected chi connectivity index (χ3v) is 3.92. The van der Waals surface area contributed by atoms with E-state index in [0.717, 1.165) is 21.7 Å². The van der Waals surface area contributed by atoms with Crippen molar-refractivity contribution in [2.75, 3.05) is 17.2 Å². The minimum Gasteiger partial charge on any atom is -0.471 e. The fourth-order valence-electron chi connectivity index (χ4n) is 1.60. The zero-order chi connectivity index (χ0) is 11.2. The Balaban J connectivity index is 2.65. The molecule has 0 fully saturated rings. The summed E-state index contributed by atoms with van der Waals surface area (Å²) in [5.41, 5.74) is 21.1. The van der Waals surface area contributed by atoms with Crippen LogP contribution in [0.3, 0.4) is 0 Å². The molecule has 15 heavy (non-hydrogen) atoms. The Hall–Kier alpha value is -1.07. The maximum absolute atomic E-state index is 6.02. The van der Waals surface area contributed by atoms with Gasteiger partial charge in [0.25, 0.3) is 0 Å². The van der Waals surface area contributed by atoms with E-state index < -0.39 is 0 Å². The number of benzene rings is 1. The molecule has 82 valence electrons. The van der Waals surface area contributed by atoms with Crippen molar-refractivity contribution in [3.05, 3.63) is 11.1 Å². The molecular formula is C10H15N3OS. The van der Waals surface area contributed by atoms with Gasteiger partial charge in [0.05, 0.1) is 16.3 Å². The molecule has 1 aliphatic rings. The van der Waals surface area contributed by atoms with E-state index >= 15 is 0 Å². The summed E-state index contributed by atoms with van der Waals surface area (Å²) in [5, 5.41) is 0. The monoisotopic (exact) mass is 225 g/mol. The summed E-state index contributed by atoms with van der Waals surface area (Å²) in [4.78, 5) is 0.928. The first-order valence-corrected chi connectivity index (χ1v) is 5.74. The Morgan fingerprint density at radius 1 is 1.20 bits per heavy atom. The van der Waals surface area contributed by atoms with Crippen molar-refractivity contribution in [3.8, 4) is 5.75 Å². The van der Waals surface area contributed by atoms with E-state index in [1.165, 1.54) is 0 Å². The molecule has 0 aliphatic carbocycles. The maximum atomic E-state index is 6.02. The van der Waals surface area contributed by atoms with Crippen molar-refractivity contribution in [2.24, 2.45) is 5.73 Å². The second-order valence-electron chi connectivity index (χ2n) is 3.70. The van der Waals surface area contributed by atoms with Crippen LogP contribution in [0.25, 0.3) is 0 Å². The van der Waals surface area contributed by atoms with E-state index in [1.54, 1.807) is 11.8 Å². The van der Waals surface area contributed by atoms with Crippen molar-refractivity contribution in [2.45, 2.75) is 25.0 Å². The molecule has 0 saturated carbocycles. The lowest BCUT2D eigenvalue weighted by Crippen LogP contribution is -2.33. The minimum absolute atomic E-state index is 0.300. The van der Waals surface area contributed by atoms with Crippen LogP contribution in [0.5, 0.6) is 5.75 Å². The molecule has 0 radical (unpaired) electrons. The third-order valence-electron chi connectivity index (χ3n) is 2.73. The molecule has 1 aliphatic heterocycles.